The van der Waals surface area contributed by atoms with Gasteiger partial charge in [0.05, 0.1) is 0 Å². The Balaban J connectivity index is 3.26. The van der Waals surface area contributed by atoms with Crippen molar-refractivity contribution in [1.82, 2.24) is 4.31 Å². The fourth-order valence-corrected chi connectivity index (χ4v) is 3.07. The molecule has 0 saturated carbocycles. The van der Waals surface area contributed by atoms with E-state index >= 15 is 0 Å². The molecular weight excluding hydrogens is 260 g/mol. The van der Waals surface area contributed by atoms with Gasteiger partial charge in [0.15, 0.2) is 0 Å². The quantitative estimate of drug-likeness (QED) is 0.774. The van der Waals surface area contributed by atoms with Gasteiger partial charge >= 0.3 is 0 Å². The molecule has 0 amide bonds. The summed E-state index contributed by atoms with van der Waals surface area (Å²) < 4.78 is 51.9. The van der Waals surface area contributed by atoms with Gasteiger partial charge < -0.3 is 0 Å². The van der Waals surface area contributed by atoms with Gasteiger partial charge in [0.1, 0.15) is 16.5 Å². The van der Waals surface area contributed by atoms with Crippen LogP contribution in [-0.2, 0) is 10.0 Å². The van der Waals surface area contributed by atoms with Crippen molar-refractivity contribution in [2.45, 2.75) is 18.7 Å². The molecule has 1 aromatic carbocycles. The maximum Gasteiger partial charge on any atom is 0.246 e. The van der Waals surface area contributed by atoms with Gasteiger partial charge in [0.25, 0.3) is 0 Å². The summed E-state index contributed by atoms with van der Waals surface area (Å²) in [6.45, 7) is 7.14. The molecule has 0 unspecified atom stereocenters. The lowest BCUT2D eigenvalue weighted by Crippen LogP contribution is -2.32. The highest BCUT2D eigenvalue weighted by atomic mass is 32.2. The maximum absolute atomic E-state index is 13.5. The van der Waals surface area contributed by atoms with Crippen molar-refractivity contribution in [1.29, 1.82) is 0 Å². The topological polar surface area (TPSA) is 37.4 Å². The van der Waals surface area contributed by atoms with Crippen LogP contribution in [-0.4, -0.2) is 25.8 Å². The van der Waals surface area contributed by atoms with Crippen LogP contribution in [0.1, 0.15) is 13.8 Å². The second-order valence-electron chi connectivity index (χ2n) is 3.96. The first-order valence-corrected chi connectivity index (χ1v) is 6.82. The molecule has 0 aliphatic rings. The van der Waals surface area contributed by atoms with Crippen molar-refractivity contribution in [2.75, 3.05) is 13.1 Å². The first-order chi connectivity index (χ1) is 8.28. The van der Waals surface area contributed by atoms with E-state index in [-0.39, 0.29) is 13.1 Å². The molecule has 0 radical (unpaired) electrons. The zero-order valence-electron chi connectivity index (χ0n) is 10.3. The van der Waals surface area contributed by atoms with E-state index < -0.39 is 26.6 Å². The van der Waals surface area contributed by atoms with Crippen LogP contribution in [0.25, 0.3) is 0 Å². The number of likely N-dealkylation sites (N-methyl/N-ethyl adjacent to an activating group) is 1. The summed E-state index contributed by atoms with van der Waals surface area (Å²) in [4.78, 5) is -0.648. The lowest BCUT2D eigenvalue weighted by molar-refractivity contribution is 0.445. The molecule has 0 aromatic heterocycles. The van der Waals surface area contributed by atoms with Crippen molar-refractivity contribution >= 4 is 10.0 Å². The summed E-state index contributed by atoms with van der Waals surface area (Å²) in [5.41, 5.74) is 0.622. The summed E-state index contributed by atoms with van der Waals surface area (Å²) in [6.07, 6.45) is 0. The van der Waals surface area contributed by atoms with Gasteiger partial charge in [-0.15, -0.1) is 0 Å². The molecule has 0 saturated heterocycles. The molecular formula is C12H15F2NO2S. The number of benzene rings is 1. The summed E-state index contributed by atoms with van der Waals surface area (Å²) in [5.74, 6) is -1.75. The van der Waals surface area contributed by atoms with Crippen LogP contribution < -0.4 is 0 Å². The van der Waals surface area contributed by atoms with Crippen LogP contribution in [0, 0.1) is 11.6 Å². The second-order valence-corrected chi connectivity index (χ2v) is 5.87. The Morgan fingerprint density at radius 1 is 1.39 bits per heavy atom. The third-order valence-corrected chi connectivity index (χ3v) is 4.25. The SMILES string of the molecule is C=C(C)CN(CC)S(=O)(=O)c1cc(F)ccc1F. The van der Waals surface area contributed by atoms with E-state index in [1.54, 1.807) is 13.8 Å². The van der Waals surface area contributed by atoms with Gasteiger partial charge in [-0.3, -0.25) is 0 Å². The maximum atomic E-state index is 13.5. The summed E-state index contributed by atoms with van der Waals surface area (Å²) in [5, 5.41) is 0. The van der Waals surface area contributed by atoms with E-state index in [0.717, 1.165) is 16.4 Å². The third kappa shape index (κ3) is 3.14. The monoisotopic (exact) mass is 275 g/mol. The first-order valence-electron chi connectivity index (χ1n) is 5.38. The third-order valence-electron chi connectivity index (χ3n) is 2.31. The zero-order valence-corrected chi connectivity index (χ0v) is 11.1. The predicted octanol–water partition coefficient (Wildman–Crippen LogP) is 2.55. The second kappa shape index (κ2) is 5.58. The van der Waals surface area contributed by atoms with Crippen molar-refractivity contribution in [3.8, 4) is 0 Å². The number of hydrogen-bond acceptors (Lipinski definition) is 2. The lowest BCUT2D eigenvalue weighted by Gasteiger charge is -2.20. The minimum Gasteiger partial charge on any atom is -0.207 e. The van der Waals surface area contributed by atoms with Crippen molar-refractivity contribution < 1.29 is 17.2 Å². The van der Waals surface area contributed by atoms with Crippen LogP contribution in [0.3, 0.4) is 0 Å². The van der Waals surface area contributed by atoms with Crippen LogP contribution in [0.5, 0.6) is 0 Å². The molecule has 6 heteroatoms. The Morgan fingerprint density at radius 3 is 2.50 bits per heavy atom. The van der Waals surface area contributed by atoms with Gasteiger partial charge in [0.2, 0.25) is 10.0 Å². The number of nitrogens with zero attached hydrogens (tertiary/aromatic N) is 1. The molecule has 0 heterocycles. The Hall–Kier alpha value is -1.27. The highest BCUT2D eigenvalue weighted by molar-refractivity contribution is 7.89. The van der Waals surface area contributed by atoms with Crippen LogP contribution in [0.4, 0.5) is 8.78 Å². The summed E-state index contributed by atoms with van der Waals surface area (Å²) >= 11 is 0. The molecule has 0 aliphatic heterocycles. The molecule has 0 atom stereocenters. The standard InChI is InChI=1S/C12H15F2NO2S/c1-4-15(8-9(2)3)18(16,17)12-7-10(13)5-6-11(12)14/h5-7H,2,4,8H2,1,3H3. The highest BCUT2D eigenvalue weighted by Gasteiger charge is 2.26. The summed E-state index contributed by atoms with van der Waals surface area (Å²) in [6, 6.07) is 2.37. The van der Waals surface area contributed by atoms with E-state index in [9.17, 15) is 17.2 Å². The Labute approximate surface area is 106 Å². The van der Waals surface area contributed by atoms with Crippen molar-refractivity contribution in [3.05, 3.63) is 42.0 Å². The van der Waals surface area contributed by atoms with E-state index in [0.29, 0.717) is 11.6 Å². The van der Waals surface area contributed by atoms with Crippen molar-refractivity contribution in [3.63, 3.8) is 0 Å². The molecule has 0 fully saturated rings. The molecule has 3 nitrogen and oxygen atoms in total. The normalized spacial score (nSPS) is 11.8. The van der Waals surface area contributed by atoms with Gasteiger partial charge in [0, 0.05) is 13.1 Å². The minimum atomic E-state index is -4.04. The molecule has 18 heavy (non-hydrogen) atoms. The fraction of sp³-hybridized carbons (Fsp3) is 0.333. The molecule has 0 spiro atoms. The largest absolute Gasteiger partial charge is 0.246 e. The van der Waals surface area contributed by atoms with Gasteiger partial charge in [-0.2, -0.15) is 4.31 Å². The molecule has 0 bridgehead atoms. The number of sulfonamides is 1. The smallest absolute Gasteiger partial charge is 0.207 e. The average Bonchev–Trinajstić information content (AvgIpc) is 2.28. The molecule has 0 aliphatic carbocycles. The lowest BCUT2D eigenvalue weighted by atomic mass is 10.3. The van der Waals surface area contributed by atoms with Crippen LogP contribution in [0.2, 0.25) is 0 Å². The van der Waals surface area contributed by atoms with E-state index in [1.165, 1.54) is 0 Å². The number of rotatable bonds is 5. The van der Waals surface area contributed by atoms with Crippen LogP contribution in [0.15, 0.2) is 35.2 Å². The number of hydrogen-bond donors (Lipinski definition) is 0. The first kappa shape index (κ1) is 14.8. The van der Waals surface area contributed by atoms with Crippen molar-refractivity contribution in [2.24, 2.45) is 0 Å². The average molecular weight is 275 g/mol. The molecule has 100 valence electrons. The fourth-order valence-electron chi connectivity index (χ4n) is 1.48. The molecule has 0 N–H and O–H groups in total. The van der Waals surface area contributed by atoms with E-state index in [2.05, 4.69) is 6.58 Å². The Morgan fingerprint density at radius 2 is 2.00 bits per heavy atom. The van der Waals surface area contributed by atoms with E-state index in [1.807, 2.05) is 0 Å². The number of halogens is 2. The van der Waals surface area contributed by atoms with Gasteiger partial charge in [-0.05, 0) is 25.1 Å². The zero-order chi connectivity index (χ0) is 13.9. The van der Waals surface area contributed by atoms with Gasteiger partial charge in [-0.1, -0.05) is 19.1 Å². The highest BCUT2D eigenvalue weighted by Crippen LogP contribution is 2.20. The van der Waals surface area contributed by atoms with Crippen LogP contribution >= 0.6 is 0 Å². The molecule has 1 rings (SSSR count). The van der Waals surface area contributed by atoms with E-state index in [4.69, 9.17) is 0 Å². The Kier molecular flexibility index (Phi) is 4.59. The minimum absolute atomic E-state index is 0.0782. The summed E-state index contributed by atoms with van der Waals surface area (Å²) in [7, 11) is -4.04. The van der Waals surface area contributed by atoms with Gasteiger partial charge in [-0.25, -0.2) is 17.2 Å². The Bertz CT molecular complexity index is 555. The predicted molar refractivity (Wildman–Crippen MR) is 65.6 cm³/mol. The molecule has 1 aromatic rings.